The summed E-state index contributed by atoms with van der Waals surface area (Å²) in [4.78, 5) is 14.9. The molecule has 2 fully saturated rings. The van der Waals surface area contributed by atoms with Crippen LogP contribution in [0.3, 0.4) is 0 Å². The number of ether oxygens (including phenoxy) is 3. The number of rotatable bonds is 4. The average Bonchev–Trinajstić information content (AvgIpc) is 3.31. The molecule has 1 amide bonds. The number of piperidine rings is 1. The average molecular weight is 345 g/mol. The van der Waals surface area contributed by atoms with Gasteiger partial charge in [0.2, 0.25) is 5.91 Å². The molecule has 4 rings (SSSR count). The van der Waals surface area contributed by atoms with Gasteiger partial charge >= 0.3 is 0 Å². The van der Waals surface area contributed by atoms with Crippen LogP contribution in [-0.2, 0) is 20.7 Å². The summed E-state index contributed by atoms with van der Waals surface area (Å²) in [5, 5.41) is 0.955. The summed E-state index contributed by atoms with van der Waals surface area (Å²) in [6.45, 7) is 1.98. The van der Waals surface area contributed by atoms with E-state index in [1.807, 2.05) is 23.1 Å². The molecule has 0 aliphatic carbocycles. The van der Waals surface area contributed by atoms with Crippen molar-refractivity contribution >= 4 is 16.9 Å². The summed E-state index contributed by atoms with van der Waals surface area (Å²) in [7, 11) is 1.62. The minimum atomic E-state index is -0.283. The van der Waals surface area contributed by atoms with E-state index in [9.17, 15) is 4.79 Å². The van der Waals surface area contributed by atoms with Gasteiger partial charge in [0.05, 0.1) is 39.0 Å². The number of fused-ring (bicyclic) bond motifs is 1. The van der Waals surface area contributed by atoms with Gasteiger partial charge in [-0.2, -0.15) is 0 Å². The Morgan fingerprint density at radius 3 is 2.92 bits per heavy atom. The number of amides is 1. The Labute approximate surface area is 146 Å². The Balaban J connectivity index is 1.52. The van der Waals surface area contributed by atoms with Crippen LogP contribution < -0.4 is 4.74 Å². The highest BCUT2D eigenvalue weighted by Gasteiger charge is 2.36. The van der Waals surface area contributed by atoms with Gasteiger partial charge in [0, 0.05) is 23.6 Å². The number of carbonyl (C=O) groups excluding carboxylic acids is 1. The molecule has 0 spiro atoms. The molecule has 1 aromatic heterocycles. The van der Waals surface area contributed by atoms with Gasteiger partial charge in [0.1, 0.15) is 11.3 Å². The number of hydrogen-bond donors (Lipinski definition) is 0. The summed E-state index contributed by atoms with van der Waals surface area (Å²) >= 11 is 0. The van der Waals surface area contributed by atoms with E-state index in [0.717, 1.165) is 48.1 Å². The van der Waals surface area contributed by atoms with Gasteiger partial charge in [-0.15, -0.1) is 0 Å². The number of carbonyl (C=O) groups is 1. The quantitative estimate of drug-likeness (QED) is 0.853. The molecule has 2 aliphatic heterocycles. The lowest BCUT2D eigenvalue weighted by Crippen LogP contribution is -2.50. The first-order valence-electron chi connectivity index (χ1n) is 8.83. The summed E-state index contributed by atoms with van der Waals surface area (Å²) in [5.41, 5.74) is 1.64. The van der Waals surface area contributed by atoms with Gasteiger partial charge in [-0.1, -0.05) is 0 Å². The van der Waals surface area contributed by atoms with Crippen LogP contribution >= 0.6 is 0 Å². The monoisotopic (exact) mass is 345 g/mol. The molecule has 2 aromatic rings. The van der Waals surface area contributed by atoms with Gasteiger partial charge in [-0.25, -0.2) is 0 Å². The maximum absolute atomic E-state index is 12.9. The van der Waals surface area contributed by atoms with Gasteiger partial charge in [-0.3, -0.25) is 4.79 Å². The van der Waals surface area contributed by atoms with Gasteiger partial charge in [0.25, 0.3) is 0 Å². The van der Waals surface area contributed by atoms with E-state index in [-0.39, 0.29) is 18.2 Å². The minimum Gasteiger partial charge on any atom is -0.497 e. The van der Waals surface area contributed by atoms with E-state index >= 15 is 0 Å². The smallest absolute Gasteiger partial charge is 0.227 e. The normalized spacial score (nSPS) is 21.8. The summed E-state index contributed by atoms with van der Waals surface area (Å²) < 4.78 is 22.1. The molecule has 1 atom stereocenters. The molecule has 3 heterocycles. The second-order valence-corrected chi connectivity index (χ2v) is 6.56. The fourth-order valence-electron chi connectivity index (χ4n) is 3.74. The van der Waals surface area contributed by atoms with Crippen molar-refractivity contribution in [1.82, 2.24) is 4.90 Å². The van der Waals surface area contributed by atoms with Crippen molar-refractivity contribution in [2.75, 3.05) is 26.9 Å². The van der Waals surface area contributed by atoms with Crippen LogP contribution in [0.15, 0.2) is 28.9 Å². The lowest BCUT2D eigenvalue weighted by Gasteiger charge is -2.38. The predicted molar refractivity (Wildman–Crippen MR) is 91.5 cm³/mol. The maximum atomic E-state index is 12.9. The molecule has 2 aliphatic rings. The van der Waals surface area contributed by atoms with Crippen molar-refractivity contribution in [3.63, 3.8) is 0 Å². The van der Waals surface area contributed by atoms with E-state index in [1.54, 1.807) is 13.4 Å². The summed E-state index contributed by atoms with van der Waals surface area (Å²) in [6, 6.07) is 5.68. The number of benzene rings is 1. The number of furan rings is 1. The van der Waals surface area contributed by atoms with Crippen molar-refractivity contribution in [1.29, 1.82) is 0 Å². The molecule has 1 aromatic carbocycles. The van der Waals surface area contributed by atoms with Crippen molar-refractivity contribution in [3.8, 4) is 5.75 Å². The maximum Gasteiger partial charge on any atom is 0.227 e. The Kier molecular flexibility index (Phi) is 4.63. The second kappa shape index (κ2) is 7.06. The van der Waals surface area contributed by atoms with Crippen LogP contribution in [0, 0.1) is 0 Å². The van der Waals surface area contributed by atoms with Gasteiger partial charge in [0.15, 0.2) is 6.29 Å². The Hall–Kier alpha value is -2.05. The highest BCUT2D eigenvalue weighted by atomic mass is 16.7. The Morgan fingerprint density at radius 2 is 2.12 bits per heavy atom. The standard InChI is InChI=1S/C19H23NO5/c1-22-14-5-6-15-13(12-25-17(15)11-14)10-18(21)20-7-3-2-4-16(20)19-23-8-9-24-19/h5-6,11-12,16,19H,2-4,7-10H2,1H3. The first-order chi connectivity index (χ1) is 12.3. The molecule has 0 bridgehead atoms. The van der Waals surface area contributed by atoms with Gasteiger partial charge in [-0.05, 0) is 31.4 Å². The summed E-state index contributed by atoms with van der Waals surface area (Å²) in [6.07, 6.45) is 4.77. The fraction of sp³-hybridized carbons (Fsp3) is 0.526. The van der Waals surface area contributed by atoms with E-state index < -0.39 is 0 Å². The highest BCUT2D eigenvalue weighted by molar-refractivity contribution is 5.88. The number of nitrogens with zero attached hydrogens (tertiary/aromatic N) is 1. The molecule has 1 unspecified atom stereocenters. The van der Waals surface area contributed by atoms with Crippen molar-refractivity contribution in [2.45, 2.75) is 38.0 Å². The molecule has 2 saturated heterocycles. The molecule has 0 N–H and O–H groups in total. The predicted octanol–water partition coefficient (Wildman–Crippen LogP) is 2.74. The number of hydrogen-bond acceptors (Lipinski definition) is 5. The van der Waals surface area contributed by atoms with Crippen molar-refractivity contribution in [2.24, 2.45) is 0 Å². The lowest BCUT2D eigenvalue weighted by molar-refractivity contribution is -0.149. The van der Waals surface area contributed by atoms with Crippen LogP contribution in [0.5, 0.6) is 5.75 Å². The SMILES string of the molecule is COc1ccc2c(CC(=O)N3CCCCC3C3OCCO3)coc2c1. The third-order valence-corrected chi connectivity index (χ3v) is 5.04. The van der Waals surface area contributed by atoms with E-state index in [4.69, 9.17) is 18.6 Å². The molecular formula is C19H23NO5. The zero-order valence-electron chi connectivity index (χ0n) is 14.4. The van der Waals surface area contributed by atoms with Crippen molar-refractivity contribution in [3.05, 3.63) is 30.0 Å². The molecule has 134 valence electrons. The van der Waals surface area contributed by atoms with Crippen molar-refractivity contribution < 1.29 is 23.4 Å². The minimum absolute atomic E-state index is 0.0157. The third-order valence-electron chi connectivity index (χ3n) is 5.04. The molecule has 0 radical (unpaired) electrons. The van der Waals surface area contributed by atoms with Crippen LogP contribution in [0.2, 0.25) is 0 Å². The van der Waals surface area contributed by atoms with E-state index in [1.165, 1.54) is 0 Å². The summed E-state index contributed by atoms with van der Waals surface area (Å²) in [5.74, 6) is 0.841. The fourth-order valence-corrected chi connectivity index (χ4v) is 3.74. The zero-order valence-corrected chi connectivity index (χ0v) is 14.4. The molecule has 0 saturated carbocycles. The van der Waals surface area contributed by atoms with Crippen LogP contribution in [-0.4, -0.2) is 50.0 Å². The number of likely N-dealkylation sites (tertiary alicyclic amines) is 1. The molecule has 6 heteroatoms. The first-order valence-corrected chi connectivity index (χ1v) is 8.83. The first kappa shape index (κ1) is 16.4. The topological polar surface area (TPSA) is 61.1 Å². The van der Waals surface area contributed by atoms with E-state index in [2.05, 4.69) is 0 Å². The second-order valence-electron chi connectivity index (χ2n) is 6.56. The largest absolute Gasteiger partial charge is 0.497 e. The molecule has 6 nitrogen and oxygen atoms in total. The van der Waals surface area contributed by atoms with Crippen LogP contribution in [0.4, 0.5) is 0 Å². The molecule has 25 heavy (non-hydrogen) atoms. The highest BCUT2D eigenvalue weighted by Crippen LogP contribution is 2.28. The van der Waals surface area contributed by atoms with Gasteiger partial charge < -0.3 is 23.5 Å². The lowest BCUT2D eigenvalue weighted by atomic mass is 10.00. The Bertz CT molecular complexity index is 749. The third kappa shape index (κ3) is 3.24. The zero-order chi connectivity index (χ0) is 17.2. The molecular weight excluding hydrogens is 322 g/mol. The van der Waals surface area contributed by atoms with E-state index in [0.29, 0.717) is 19.6 Å². The number of methoxy groups -OCH3 is 1. The van der Waals surface area contributed by atoms with Crippen LogP contribution in [0.25, 0.3) is 11.0 Å². The van der Waals surface area contributed by atoms with Crippen LogP contribution in [0.1, 0.15) is 24.8 Å². The Morgan fingerprint density at radius 1 is 1.28 bits per heavy atom.